The van der Waals surface area contributed by atoms with Crippen molar-refractivity contribution in [2.24, 2.45) is 5.73 Å². The van der Waals surface area contributed by atoms with Crippen molar-refractivity contribution in [3.05, 3.63) is 23.8 Å². The Bertz CT molecular complexity index is 497. The van der Waals surface area contributed by atoms with Gasteiger partial charge < -0.3 is 29.9 Å². The van der Waals surface area contributed by atoms with Gasteiger partial charge in [0.15, 0.2) is 11.5 Å². The highest BCUT2D eigenvalue weighted by Crippen LogP contribution is 2.28. The summed E-state index contributed by atoms with van der Waals surface area (Å²) in [5.74, 6) is -4.56. The molecule has 0 aliphatic rings. The van der Waals surface area contributed by atoms with Crippen LogP contribution in [0.2, 0.25) is 0 Å². The van der Waals surface area contributed by atoms with Gasteiger partial charge in [0.25, 0.3) is 0 Å². The fraction of sp³-hybridized carbons (Fsp3) is 0.417. The van der Waals surface area contributed by atoms with Crippen LogP contribution >= 0.6 is 0 Å². The van der Waals surface area contributed by atoms with E-state index >= 15 is 0 Å². The first-order valence-corrected chi connectivity index (χ1v) is 5.71. The van der Waals surface area contributed by atoms with E-state index in [0.29, 0.717) is 0 Å². The second-order valence-corrected chi connectivity index (χ2v) is 4.15. The lowest BCUT2D eigenvalue weighted by atomic mass is 10.1. The number of carbonyl (C=O) groups is 1. The van der Waals surface area contributed by atoms with E-state index in [4.69, 9.17) is 30.5 Å². The molecule has 1 aromatic carbocycles. The van der Waals surface area contributed by atoms with Crippen molar-refractivity contribution in [2.45, 2.75) is 25.0 Å². The molecule has 1 atom stereocenters. The summed E-state index contributed by atoms with van der Waals surface area (Å²) in [5.41, 5.74) is 3.00. The normalized spacial score (nSPS) is 14.5. The zero-order valence-electron chi connectivity index (χ0n) is 11.0. The largest absolute Gasteiger partial charge is 0.504 e. The first-order chi connectivity index (χ1) is 9.14. The molecule has 0 saturated carbocycles. The molecule has 0 bridgehead atoms. The second-order valence-electron chi connectivity index (χ2n) is 4.15. The van der Waals surface area contributed by atoms with Crippen LogP contribution in [0.25, 0.3) is 0 Å². The average molecular weight is 287 g/mol. The number of rotatable bonds is 5. The topological polar surface area (TPSA) is 142 Å². The lowest BCUT2D eigenvalue weighted by Gasteiger charge is -2.34. The molecule has 0 radical (unpaired) electrons. The molecule has 1 rings (SSSR count). The molecule has 0 aromatic heterocycles. The van der Waals surface area contributed by atoms with Gasteiger partial charge in [0.1, 0.15) is 0 Å². The zero-order valence-corrected chi connectivity index (χ0v) is 11.0. The van der Waals surface area contributed by atoms with Gasteiger partial charge in [-0.2, -0.15) is 0 Å². The lowest BCUT2D eigenvalue weighted by Crippen LogP contribution is -2.63. The Morgan fingerprint density at radius 2 is 1.95 bits per heavy atom. The smallest absolute Gasteiger partial charge is 0.340 e. The third-order valence-electron chi connectivity index (χ3n) is 2.78. The van der Waals surface area contributed by atoms with E-state index in [1.54, 1.807) is 0 Å². The van der Waals surface area contributed by atoms with Gasteiger partial charge >= 0.3 is 11.9 Å². The molecule has 0 amide bonds. The molecule has 1 unspecified atom stereocenters. The molecule has 0 aliphatic carbocycles. The number of hydrogen-bond acceptors (Lipinski definition) is 8. The van der Waals surface area contributed by atoms with Gasteiger partial charge in [0, 0.05) is 6.42 Å². The molecule has 20 heavy (non-hydrogen) atoms. The van der Waals surface area contributed by atoms with Gasteiger partial charge in [-0.3, -0.25) is 5.73 Å². The number of benzene rings is 1. The van der Waals surface area contributed by atoms with Crippen molar-refractivity contribution >= 4 is 5.97 Å². The van der Waals surface area contributed by atoms with Crippen LogP contribution in [0.3, 0.4) is 0 Å². The van der Waals surface area contributed by atoms with Crippen LogP contribution in [0.5, 0.6) is 11.5 Å². The Balaban J connectivity index is 3.02. The van der Waals surface area contributed by atoms with Gasteiger partial charge in [0.2, 0.25) is 5.72 Å². The van der Waals surface area contributed by atoms with Gasteiger partial charge in [-0.1, -0.05) is 6.92 Å². The minimum absolute atomic E-state index is 0.0295. The van der Waals surface area contributed by atoms with E-state index in [2.05, 4.69) is 0 Å². The van der Waals surface area contributed by atoms with E-state index in [1.165, 1.54) is 32.2 Å². The van der Waals surface area contributed by atoms with Crippen molar-refractivity contribution in [3.8, 4) is 11.5 Å². The first-order valence-electron chi connectivity index (χ1n) is 5.71. The predicted molar refractivity (Wildman–Crippen MR) is 66.7 cm³/mol. The van der Waals surface area contributed by atoms with Crippen molar-refractivity contribution in [1.82, 2.24) is 0 Å². The molecule has 112 valence electrons. The SMILES string of the molecule is CCC(N)(OC(=O)c1ccc(O)c(OC)c1)C(O)(O)O. The van der Waals surface area contributed by atoms with Crippen LogP contribution in [0.15, 0.2) is 18.2 Å². The minimum Gasteiger partial charge on any atom is -0.504 e. The Morgan fingerprint density at radius 1 is 1.35 bits per heavy atom. The molecule has 1 aromatic rings. The summed E-state index contributed by atoms with van der Waals surface area (Å²) in [6.07, 6.45) is -0.253. The summed E-state index contributed by atoms with van der Waals surface area (Å²) < 4.78 is 9.55. The summed E-state index contributed by atoms with van der Waals surface area (Å²) >= 11 is 0. The Hall–Kier alpha value is -1.87. The number of methoxy groups -OCH3 is 1. The van der Waals surface area contributed by atoms with Gasteiger partial charge in [-0.05, 0) is 18.2 Å². The number of aliphatic hydroxyl groups is 3. The third kappa shape index (κ3) is 3.17. The van der Waals surface area contributed by atoms with Gasteiger partial charge in [0.05, 0.1) is 12.7 Å². The van der Waals surface area contributed by atoms with Gasteiger partial charge in [-0.15, -0.1) is 0 Å². The van der Waals surface area contributed by atoms with E-state index in [0.717, 1.165) is 0 Å². The number of hydrogen-bond donors (Lipinski definition) is 5. The average Bonchev–Trinajstić information content (AvgIpc) is 2.37. The molecule has 8 nitrogen and oxygen atoms in total. The number of phenolic OH excluding ortho intramolecular Hbond substituents is 1. The molecule has 0 saturated heterocycles. The monoisotopic (exact) mass is 287 g/mol. The minimum atomic E-state index is -3.39. The van der Waals surface area contributed by atoms with Crippen molar-refractivity contribution in [2.75, 3.05) is 7.11 Å². The Labute approximate surface area is 115 Å². The zero-order chi connectivity index (χ0) is 15.6. The molecule has 0 heterocycles. The highest BCUT2D eigenvalue weighted by atomic mass is 16.7. The predicted octanol–water partition coefficient (Wildman–Crippen LogP) is -0.747. The Morgan fingerprint density at radius 3 is 2.40 bits per heavy atom. The first kappa shape index (κ1) is 16.2. The van der Waals surface area contributed by atoms with Crippen molar-refractivity contribution < 1.29 is 34.7 Å². The molecule has 8 heteroatoms. The van der Waals surface area contributed by atoms with Gasteiger partial charge in [-0.25, -0.2) is 4.79 Å². The third-order valence-corrected chi connectivity index (χ3v) is 2.78. The number of esters is 1. The van der Waals surface area contributed by atoms with Crippen molar-refractivity contribution in [3.63, 3.8) is 0 Å². The maximum atomic E-state index is 11.9. The molecular formula is C12H17NO7. The highest BCUT2D eigenvalue weighted by molar-refractivity contribution is 5.90. The quantitative estimate of drug-likeness (QED) is 0.352. The Kier molecular flexibility index (Phi) is 4.56. The maximum absolute atomic E-state index is 11.9. The number of nitrogens with two attached hydrogens (primary N) is 1. The summed E-state index contributed by atoms with van der Waals surface area (Å²) in [5, 5.41) is 36.8. The van der Waals surface area contributed by atoms with Crippen LogP contribution in [-0.4, -0.2) is 45.2 Å². The van der Waals surface area contributed by atoms with E-state index in [-0.39, 0.29) is 23.5 Å². The van der Waals surface area contributed by atoms with Crippen LogP contribution in [0.4, 0.5) is 0 Å². The summed E-state index contributed by atoms with van der Waals surface area (Å²) in [6, 6.07) is 3.61. The van der Waals surface area contributed by atoms with E-state index < -0.39 is 17.7 Å². The maximum Gasteiger partial charge on any atom is 0.340 e. The number of aromatic hydroxyl groups is 1. The molecular weight excluding hydrogens is 270 g/mol. The van der Waals surface area contributed by atoms with Crippen LogP contribution in [0.1, 0.15) is 23.7 Å². The molecule has 0 aliphatic heterocycles. The number of phenols is 1. The number of carbonyl (C=O) groups excluding carboxylic acids is 1. The fourth-order valence-corrected chi connectivity index (χ4v) is 1.41. The lowest BCUT2D eigenvalue weighted by molar-refractivity contribution is -0.388. The molecule has 0 fully saturated rings. The summed E-state index contributed by atoms with van der Waals surface area (Å²) in [7, 11) is 1.30. The highest BCUT2D eigenvalue weighted by Gasteiger charge is 2.48. The van der Waals surface area contributed by atoms with E-state index in [9.17, 15) is 9.90 Å². The van der Waals surface area contributed by atoms with Crippen LogP contribution < -0.4 is 10.5 Å². The fourth-order valence-electron chi connectivity index (χ4n) is 1.41. The van der Waals surface area contributed by atoms with E-state index in [1.807, 2.05) is 0 Å². The standard InChI is InChI=1S/C12H17NO7/c1-3-11(13,12(16,17)18)20-10(15)7-4-5-8(14)9(6-7)19-2/h4-6,14,16-18H,3,13H2,1-2H3. The van der Waals surface area contributed by atoms with Crippen molar-refractivity contribution in [1.29, 1.82) is 0 Å². The van der Waals surface area contributed by atoms with Crippen LogP contribution in [0, 0.1) is 0 Å². The van der Waals surface area contributed by atoms with Crippen LogP contribution in [-0.2, 0) is 4.74 Å². The molecule has 6 N–H and O–H groups in total. The number of ether oxygens (including phenoxy) is 2. The summed E-state index contributed by atoms with van der Waals surface area (Å²) in [4.78, 5) is 11.9. The molecule has 0 spiro atoms. The summed E-state index contributed by atoms with van der Waals surface area (Å²) in [6.45, 7) is 1.39. The second kappa shape index (κ2) is 5.63.